The minimum absolute atomic E-state index is 0.0736. The Bertz CT molecular complexity index is 1680. The molecule has 1 saturated heterocycles. The Morgan fingerprint density at radius 1 is 0.976 bits per heavy atom. The van der Waals surface area contributed by atoms with E-state index in [1.807, 2.05) is 24.3 Å². The lowest BCUT2D eigenvalue weighted by atomic mass is 10.0. The van der Waals surface area contributed by atoms with Gasteiger partial charge in [0, 0.05) is 22.1 Å². The van der Waals surface area contributed by atoms with Gasteiger partial charge in [0.05, 0.1) is 34.0 Å². The van der Waals surface area contributed by atoms with Gasteiger partial charge in [0.25, 0.3) is 5.91 Å². The number of anilines is 1. The first-order valence-corrected chi connectivity index (χ1v) is 13.2. The molecular weight excluding hydrogens is 546 g/mol. The van der Waals surface area contributed by atoms with Gasteiger partial charge in [-0.1, -0.05) is 12.1 Å². The van der Waals surface area contributed by atoms with Crippen molar-refractivity contribution in [3.8, 4) is 34.1 Å². The number of aryl methyl sites for hydroxylation is 1. The number of hydrogen-bond acceptors (Lipinski definition) is 10. The fraction of sp³-hybridized carbons (Fsp3) is 0.290. The summed E-state index contributed by atoms with van der Waals surface area (Å²) in [6.45, 7) is 1.86. The summed E-state index contributed by atoms with van der Waals surface area (Å²) in [6.07, 6.45) is -3.14. The molecule has 0 radical (unpaired) electrons. The van der Waals surface area contributed by atoms with E-state index in [4.69, 9.17) is 28.1 Å². The van der Waals surface area contributed by atoms with Gasteiger partial charge in [-0.2, -0.15) is 0 Å². The number of fused-ring (bicyclic) bond motifs is 1. The second-order valence-electron chi connectivity index (χ2n) is 9.70. The monoisotopic (exact) mass is 577 g/mol. The van der Waals surface area contributed by atoms with Gasteiger partial charge in [-0.05, 0) is 61.4 Å². The van der Waals surface area contributed by atoms with Gasteiger partial charge in [-0.25, -0.2) is 4.79 Å². The summed E-state index contributed by atoms with van der Waals surface area (Å²) in [5, 5.41) is 23.4. The number of methoxy groups -OCH3 is 3. The fourth-order valence-corrected chi connectivity index (χ4v) is 4.80. The van der Waals surface area contributed by atoms with Crippen molar-refractivity contribution >= 4 is 22.6 Å². The zero-order valence-electron chi connectivity index (χ0n) is 23.5. The van der Waals surface area contributed by atoms with E-state index in [0.717, 1.165) is 5.56 Å². The van der Waals surface area contributed by atoms with Crippen molar-refractivity contribution in [1.29, 1.82) is 0 Å². The molecule has 220 valence electrons. The Morgan fingerprint density at radius 3 is 2.50 bits per heavy atom. The van der Waals surface area contributed by atoms with E-state index >= 15 is 0 Å². The number of amides is 1. The maximum Gasteiger partial charge on any atom is 0.360 e. The Kier molecular flexibility index (Phi) is 8.34. The van der Waals surface area contributed by atoms with Gasteiger partial charge in [0.15, 0.2) is 11.5 Å². The molecule has 1 aliphatic rings. The fourth-order valence-electron chi connectivity index (χ4n) is 4.80. The van der Waals surface area contributed by atoms with E-state index < -0.39 is 30.0 Å². The number of aliphatic hydroxyl groups is 2. The third-order valence-corrected chi connectivity index (χ3v) is 7.08. The van der Waals surface area contributed by atoms with Crippen LogP contribution in [0.15, 0.2) is 63.8 Å². The van der Waals surface area contributed by atoms with Crippen LogP contribution in [-0.2, 0) is 4.74 Å². The van der Waals surface area contributed by atoms with Crippen LogP contribution in [0.2, 0.25) is 0 Å². The van der Waals surface area contributed by atoms with E-state index in [-0.39, 0.29) is 35.8 Å². The van der Waals surface area contributed by atoms with E-state index in [1.54, 1.807) is 45.4 Å². The molecule has 0 bridgehead atoms. The number of nitrogens with one attached hydrogen (secondary N) is 1. The number of hydrogen-bond donors (Lipinski definition) is 3. The highest BCUT2D eigenvalue weighted by Gasteiger charge is 2.34. The minimum Gasteiger partial charge on any atom is -0.497 e. The Morgan fingerprint density at radius 2 is 1.76 bits per heavy atom. The normalized spacial score (nSPS) is 18.4. The molecule has 2 heterocycles. The predicted molar refractivity (Wildman–Crippen MR) is 154 cm³/mol. The summed E-state index contributed by atoms with van der Waals surface area (Å²) < 4.78 is 33.3. The van der Waals surface area contributed by atoms with Crippen LogP contribution in [0.1, 0.15) is 22.3 Å². The molecule has 0 spiro atoms. The maximum absolute atomic E-state index is 13.3. The van der Waals surface area contributed by atoms with Crippen LogP contribution in [0.4, 0.5) is 5.69 Å². The molecule has 11 nitrogen and oxygen atoms in total. The molecule has 1 aliphatic heterocycles. The summed E-state index contributed by atoms with van der Waals surface area (Å²) in [6, 6.07) is 15.4. The van der Waals surface area contributed by atoms with Crippen molar-refractivity contribution in [2.24, 2.45) is 0 Å². The Balaban J connectivity index is 1.46. The van der Waals surface area contributed by atoms with Crippen LogP contribution < -0.4 is 29.9 Å². The lowest BCUT2D eigenvalue weighted by Gasteiger charge is -2.32. The smallest absolute Gasteiger partial charge is 0.360 e. The number of rotatable bonds is 8. The highest BCUT2D eigenvalue weighted by atomic mass is 16.7. The second-order valence-corrected chi connectivity index (χ2v) is 9.70. The van der Waals surface area contributed by atoms with Crippen LogP contribution in [0.25, 0.3) is 22.1 Å². The molecule has 0 aliphatic carbocycles. The number of ether oxygens (including phenoxy) is 5. The first-order chi connectivity index (χ1) is 20.2. The zero-order valence-corrected chi connectivity index (χ0v) is 23.5. The quantitative estimate of drug-likeness (QED) is 0.264. The van der Waals surface area contributed by atoms with Crippen molar-refractivity contribution in [2.45, 2.75) is 31.8 Å². The van der Waals surface area contributed by atoms with Crippen molar-refractivity contribution in [3.05, 3.63) is 76.1 Å². The summed E-state index contributed by atoms with van der Waals surface area (Å²) in [4.78, 5) is 26.2. The topological polar surface area (TPSA) is 146 Å². The van der Waals surface area contributed by atoms with E-state index in [2.05, 4.69) is 5.32 Å². The standard InChI is InChI=1S/C31H31NO10/c1-16-27-19(15-25(39-4)28(16)42-31-26(34)23(33)10-11-40-31)14-22(30(36)41-27)32-29(35)18-8-9-24(38-3)21(13-18)17-6-5-7-20(12-17)37-2/h5-9,12-15,23,26,31,33-34H,10-11H2,1-4H3,(H,32,35)/t23-,26-,31-/m1/s1. The van der Waals surface area contributed by atoms with Crippen LogP contribution in [0, 0.1) is 6.92 Å². The van der Waals surface area contributed by atoms with Gasteiger partial charge in [-0.15, -0.1) is 0 Å². The van der Waals surface area contributed by atoms with Gasteiger partial charge < -0.3 is 43.6 Å². The molecule has 0 saturated carbocycles. The van der Waals surface area contributed by atoms with Crippen molar-refractivity contribution in [1.82, 2.24) is 0 Å². The molecule has 1 aromatic heterocycles. The number of carbonyl (C=O) groups excluding carboxylic acids is 1. The lowest BCUT2D eigenvalue weighted by Crippen LogP contribution is -2.47. The molecule has 3 aromatic carbocycles. The summed E-state index contributed by atoms with van der Waals surface area (Å²) in [7, 11) is 4.55. The summed E-state index contributed by atoms with van der Waals surface area (Å²) in [5.74, 6) is 1.15. The molecule has 1 amide bonds. The largest absolute Gasteiger partial charge is 0.497 e. The van der Waals surface area contributed by atoms with E-state index in [0.29, 0.717) is 33.6 Å². The number of carbonyl (C=O) groups is 1. The number of aliphatic hydroxyl groups excluding tert-OH is 2. The van der Waals surface area contributed by atoms with E-state index in [1.165, 1.54) is 13.2 Å². The SMILES string of the molecule is COc1cccc(-c2cc(C(=O)Nc3cc4cc(OC)c(O[C@H]5OCC[C@@H](O)[C@H]5O)c(C)c4oc3=O)ccc2OC)c1. The first-order valence-electron chi connectivity index (χ1n) is 13.2. The molecule has 11 heteroatoms. The lowest BCUT2D eigenvalue weighted by molar-refractivity contribution is -0.207. The third kappa shape index (κ3) is 5.62. The van der Waals surface area contributed by atoms with Gasteiger partial charge in [-0.3, -0.25) is 4.79 Å². The van der Waals surface area contributed by atoms with Crippen molar-refractivity contribution in [2.75, 3.05) is 33.3 Å². The molecule has 0 unspecified atom stereocenters. The van der Waals surface area contributed by atoms with Crippen LogP contribution in [0.3, 0.4) is 0 Å². The molecule has 3 N–H and O–H groups in total. The third-order valence-electron chi connectivity index (χ3n) is 7.08. The molecule has 42 heavy (non-hydrogen) atoms. The van der Waals surface area contributed by atoms with Crippen molar-refractivity contribution in [3.63, 3.8) is 0 Å². The number of benzene rings is 3. The van der Waals surface area contributed by atoms with E-state index in [9.17, 15) is 19.8 Å². The Labute approximate surface area is 241 Å². The van der Waals surface area contributed by atoms with Gasteiger partial charge in [0.1, 0.15) is 28.9 Å². The Hall–Kier alpha value is -4.58. The van der Waals surface area contributed by atoms with Crippen LogP contribution in [-0.4, -0.2) is 62.6 Å². The summed E-state index contributed by atoms with van der Waals surface area (Å²) >= 11 is 0. The highest BCUT2D eigenvalue weighted by Crippen LogP contribution is 2.39. The highest BCUT2D eigenvalue weighted by molar-refractivity contribution is 6.06. The minimum atomic E-state index is -1.27. The molecule has 5 rings (SSSR count). The molecule has 4 aromatic rings. The average molecular weight is 578 g/mol. The molecule has 1 fully saturated rings. The van der Waals surface area contributed by atoms with Crippen molar-refractivity contribution < 1.29 is 43.1 Å². The van der Waals surface area contributed by atoms with Gasteiger partial charge in [0.2, 0.25) is 6.29 Å². The maximum atomic E-state index is 13.3. The molecule has 3 atom stereocenters. The molecular formula is C31H31NO10. The van der Waals surface area contributed by atoms with Crippen LogP contribution in [0.5, 0.6) is 23.0 Å². The first kappa shape index (κ1) is 28.9. The average Bonchev–Trinajstić information content (AvgIpc) is 3.01. The summed E-state index contributed by atoms with van der Waals surface area (Å²) in [5.41, 5.74) is 1.50. The van der Waals surface area contributed by atoms with Crippen LogP contribution >= 0.6 is 0 Å². The zero-order chi connectivity index (χ0) is 30.0. The predicted octanol–water partition coefficient (Wildman–Crippen LogP) is 3.89. The second kappa shape index (κ2) is 12.1. The van der Waals surface area contributed by atoms with Gasteiger partial charge >= 0.3 is 5.63 Å².